The largest absolute Gasteiger partial charge is 0.312 e. The first kappa shape index (κ1) is 13.5. The van der Waals surface area contributed by atoms with Crippen molar-refractivity contribution in [2.45, 2.75) is 39.8 Å². The first-order valence-corrected chi connectivity index (χ1v) is 7.01. The molecule has 1 fully saturated rings. The average molecular weight is 247 g/mol. The summed E-state index contributed by atoms with van der Waals surface area (Å²) in [4.78, 5) is 6.84. The van der Waals surface area contributed by atoms with E-state index in [0.717, 1.165) is 19.6 Å². The molecule has 0 spiro atoms. The molecule has 100 valence electrons. The van der Waals surface area contributed by atoms with Gasteiger partial charge in [-0.25, -0.2) is 0 Å². The van der Waals surface area contributed by atoms with Gasteiger partial charge >= 0.3 is 0 Å². The van der Waals surface area contributed by atoms with Crippen LogP contribution in [0.25, 0.3) is 0 Å². The summed E-state index contributed by atoms with van der Waals surface area (Å²) in [6.07, 6.45) is 5.16. The molecule has 18 heavy (non-hydrogen) atoms. The van der Waals surface area contributed by atoms with Crippen LogP contribution >= 0.6 is 0 Å². The third-order valence-corrected chi connectivity index (χ3v) is 3.66. The molecule has 1 N–H and O–H groups in total. The smallest absolute Gasteiger partial charge is 0.0313 e. The molecular formula is C15H25N3. The monoisotopic (exact) mass is 247 g/mol. The summed E-state index contributed by atoms with van der Waals surface area (Å²) in [5.41, 5.74) is 2.58. The molecule has 2 heterocycles. The number of nitrogens with zero attached hydrogens (tertiary/aromatic N) is 2. The minimum absolute atomic E-state index is 0.616. The maximum atomic E-state index is 4.28. The van der Waals surface area contributed by atoms with Crippen LogP contribution in [0.1, 0.15) is 31.4 Å². The molecule has 1 unspecified atom stereocenters. The maximum Gasteiger partial charge on any atom is 0.0313 e. The Morgan fingerprint density at radius 1 is 1.44 bits per heavy atom. The van der Waals surface area contributed by atoms with Gasteiger partial charge in [-0.2, -0.15) is 0 Å². The predicted molar refractivity (Wildman–Crippen MR) is 75.5 cm³/mol. The number of hydrogen-bond donors (Lipinski definition) is 1. The lowest BCUT2D eigenvalue weighted by Gasteiger charge is -2.26. The molecule has 1 aromatic heterocycles. The van der Waals surface area contributed by atoms with E-state index >= 15 is 0 Å². The van der Waals surface area contributed by atoms with Crippen molar-refractivity contribution in [3.8, 4) is 0 Å². The van der Waals surface area contributed by atoms with Gasteiger partial charge in [-0.3, -0.25) is 9.88 Å². The minimum Gasteiger partial charge on any atom is -0.312 e. The van der Waals surface area contributed by atoms with Crippen LogP contribution in [0.4, 0.5) is 0 Å². The fourth-order valence-electron chi connectivity index (χ4n) is 2.58. The molecule has 0 amide bonds. The average Bonchev–Trinajstić information content (AvgIpc) is 2.55. The zero-order valence-electron chi connectivity index (χ0n) is 11.8. The molecule has 0 aromatic carbocycles. The summed E-state index contributed by atoms with van der Waals surface area (Å²) in [5.74, 6) is 0.696. The molecule has 3 nitrogen and oxygen atoms in total. The summed E-state index contributed by atoms with van der Waals surface area (Å²) in [6, 6.07) is 2.86. The SMILES string of the molecule is Cc1cncc(CN2CCCNC(C(C)C)C2)c1. The highest BCUT2D eigenvalue weighted by atomic mass is 15.2. The molecule has 1 saturated heterocycles. The van der Waals surface area contributed by atoms with Crippen LogP contribution in [0.3, 0.4) is 0 Å². The second-order valence-corrected chi connectivity index (χ2v) is 5.76. The van der Waals surface area contributed by atoms with E-state index in [1.54, 1.807) is 0 Å². The van der Waals surface area contributed by atoms with E-state index in [0.29, 0.717) is 12.0 Å². The Kier molecular flexibility index (Phi) is 4.72. The van der Waals surface area contributed by atoms with Crippen LogP contribution in [0.15, 0.2) is 18.5 Å². The number of aryl methyl sites for hydroxylation is 1. The highest BCUT2D eigenvalue weighted by Gasteiger charge is 2.20. The third-order valence-electron chi connectivity index (χ3n) is 3.66. The third kappa shape index (κ3) is 3.79. The van der Waals surface area contributed by atoms with E-state index in [2.05, 4.69) is 42.0 Å². The van der Waals surface area contributed by atoms with E-state index in [1.165, 1.54) is 24.1 Å². The molecule has 0 saturated carbocycles. The molecule has 1 aromatic rings. The van der Waals surface area contributed by atoms with Crippen LogP contribution in [0.5, 0.6) is 0 Å². The molecule has 3 heteroatoms. The number of pyridine rings is 1. The van der Waals surface area contributed by atoms with Gasteiger partial charge in [-0.05, 0) is 43.5 Å². The molecule has 1 aliphatic rings. The Morgan fingerprint density at radius 2 is 2.28 bits per heavy atom. The van der Waals surface area contributed by atoms with Crippen LogP contribution in [0, 0.1) is 12.8 Å². The van der Waals surface area contributed by atoms with Gasteiger partial charge < -0.3 is 5.32 Å². The summed E-state index contributed by atoms with van der Waals surface area (Å²) in [6.45, 7) is 11.2. The standard InChI is InChI=1S/C15H25N3/c1-12(2)15-11-18(6-4-5-17-15)10-14-7-13(3)8-16-9-14/h7-9,12,15,17H,4-6,10-11H2,1-3H3. The van der Waals surface area contributed by atoms with E-state index in [-0.39, 0.29) is 0 Å². The molecule has 1 atom stereocenters. The molecule has 0 radical (unpaired) electrons. The predicted octanol–water partition coefficient (Wildman–Crippen LogP) is 2.21. The Labute approximate surface area is 111 Å². The Hall–Kier alpha value is -0.930. The van der Waals surface area contributed by atoms with Gasteiger partial charge in [0.15, 0.2) is 0 Å². The molecular weight excluding hydrogens is 222 g/mol. The number of nitrogens with one attached hydrogen (secondary N) is 1. The van der Waals surface area contributed by atoms with Gasteiger partial charge in [0.1, 0.15) is 0 Å². The number of rotatable bonds is 3. The zero-order chi connectivity index (χ0) is 13.0. The second-order valence-electron chi connectivity index (χ2n) is 5.76. The Bertz CT molecular complexity index is 376. The topological polar surface area (TPSA) is 28.2 Å². The first-order valence-electron chi connectivity index (χ1n) is 7.01. The van der Waals surface area contributed by atoms with Gasteiger partial charge in [0.2, 0.25) is 0 Å². The molecule has 0 bridgehead atoms. The molecule has 1 aliphatic heterocycles. The van der Waals surface area contributed by atoms with Crippen molar-refractivity contribution in [3.63, 3.8) is 0 Å². The first-order chi connectivity index (χ1) is 8.65. The van der Waals surface area contributed by atoms with Crippen molar-refractivity contribution in [3.05, 3.63) is 29.6 Å². The summed E-state index contributed by atoms with van der Waals surface area (Å²) in [5, 5.41) is 3.65. The van der Waals surface area contributed by atoms with Crippen LogP contribution in [0.2, 0.25) is 0 Å². The van der Waals surface area contributed by atoms with Crippen LogP contribution < -0.4 is 5.32 Å². The van der Waals surface area contributed by atoms with Gasteiger partial charge in [0.05, 0.1) is 0 Å². The quantitative estimate of drug-likeness (QED) is 0.887. The fraction of sp³-hybridized carbons (Fsp3) is 0.667. The highest BCUT2D eigenvalue weighted by Crippen LogP contribution is 2.12. The van der Waals surface area contributed by atoms with E-state index in [4.69, 9.17) is 0 Å². The second kappa shape index (κ2) is 6.30. The van der Waals surface area contributed by atoms with Gasteiger partial charge in [-0.1, -0.05) is 19.9 Å². The molecule has 0 aliphatic carbocycles. The lowest BCUT2D eigenvalue weighted by molar-refractivity contribution is 0.238. The van der Waals surface area contributed by atoms with Crippen molar-refractivity contribution < 1.29 is 0 Å². The minimum atomic E-state index is 0.616. The van der Waals surface area contributed by atoms with Crippen LogP contribution in [-0.2, 0) is 6.54 Å². The fourth-order valence-corrected chi connectivity index (χ4v) is 2.58. The summed E-state index contributed by atoms with van der Waals surface area (Å²) in [7, 11) is 0. The summed E-state index contributed by atoms with van der Waals surface area (Å²) < 4.78 is 0. The van der Waals surface area contributed by atoms with Gasteiger partial charge in [0.25, 0.3) is 0 Å². The summed E-state index contributed by atoms with van der Waals surface area (Å²) >= 11 is 0. The highest BCUT2D eigenvalue weighted by molar-refractivity contribution is 5.16. The van der Waals surface area contributed by atoms with Crippen molar-refractivity contribution in [1.29, 1.82) is 0 Å². The number of aromatic nitrogens is 1. The Balaban J connectivity index is 1.99. The Morgan fingerprint density at radius 3 is 3.00 bits per heavy atom. The van der Waals surface area contributed by atoms with E-state index in [9.17, 15) is 0 Å². The van der Waals surface area contributed by atoms with Crippen molar-refractivity contribution >= 4 is 0 Å². The maximum absolute atomic E-state index is 4.28. The van der Waals surface area contributed by atoms with E-state index < -0.39 is 0 Å². The van der Waals surface area contributed by atoms with Gasteiger partial charge in [0, 0.05) is 31.5 Å². The van der Waals surface area contributed by atoms with Crippen molar-refractivity contribution in [2.24, 2.45) is 5.92 Å². The molecule has 2 rings (SSSR count). The lowest BCUT2D eigenvalue weighted by atomic mass is 10.0. The van der Waals surface area contributed by atoms with Crippen molar-refractivity contribution in [1.82, 2.24) is 15.2 Å². The van der Waals surface area contributed by atoms with Crippen LogP contribution in [-0.4, -0.2) is 35.6 Å². The van der Waals surface area contributed by atoms with Crippen molar-refractivity contribution in [2.75, 3.05) is 19.6 Å². The van der Waals surface area contributed by atoms with Gasteiger partial charge in [-0.15, -0.1) is 0 Å². The van der Waals surface area contributed by atoms with E-state index in [1.807, 2.05) is 12.4 Å². The number of hydrogen-bond acceptors (Lipinski definition) is 3. The zero-order valence-corrected chi connectivity index (χ0v) is 11.8. The lowest BCUT2D eigenvalue weighted by Crippen LogP contribution is -2.41. The normalized spacial score (nSPS) is 22.1.